The summed E-state index contributed by atoms with van der Waals surface area (Å²) in [5, 5.41) is 0. The molecule has 0 fully saturated rings. The van der Waals surface area contributed by atoms with Crippen LogP contribution < -0.4 is 0 Å². The molecule has 0 amide bonds. The minimum Gasteiger partial charge on any atom is -0.0996 e. The van der Waals surface area contributed by atoms with Gasteiger partial charge in [0.05, 0.1) is 0 Å². The summed E-state index contributed by atoms with van der Waals surface area (Å²) in [5.41, 5.74) is 1.47. The molecule has 2 unspecified atom stereocenters. The van der Waals surface area contributed by atoms with E-state index in [1.165, 1.54) is 31.3 Å². The van der Waals surface area contributed by atoms with Gasteiger partial charge >= 0.3 is 0 Å². The predicted molar refractivity (Wildman–Crippen MR) is 66.4 cm³/mol. The van der Waals surface area contributed by atoms with Crippen molar-refractivity contribution in [3.8, 4) is 0 Å². The number of rotatable bonds is 7. The van der Waals surface area contributed by atoms with E-state index in [1.807, 2.05) is 0 Å². The Labute approximate surface area is 90.8 Å². The molecule has 0 aliphatic heterocycles. The van der Waals surface area contributed by atoms with Crippen molar-refractivity contribution in [3.05, 3.63) is 12.2 Å². The van der Waals surface area contributed by atoms with Crippen LogP contribution in [0.25, 0.3) is 0 Å². The van der Waals surface area contributed by atoms with Crippen molar-refractivity contribution >= 4 is 0 Å². The third-order valence-electron chi connectivity index (χ3n) is 3.25. The van der Waals surface area contributed by atoms with Gasteiger partial charge in [0.25, 0.3) is 0 Å². The summed E-state index contributed by atoms with van der Waals surface area (Å²) in [7, 11) is 0. The number of allylic oxidation sites excluding steroid dienone is 1. The molecule has 0 aromatic rings. The van der Waals surface area contributed by atoms with E-state index in [9.17, 15) is 0 Å². The first-order chi connectivity index (χ1) is 6.52. The first kappa shape index (κ1) is 13.7. The summed E-state index contributed by atoms with van der Waals surface area (Å²) in [6.45, 7) is 15.8. The Morgan fingerprint density at radius 3 is 2.07 bits per heavy atom. The Morgan fingerprint density at radius 1 is 1.14 bits per heavy atom. The van der Waals surface area contributed by atoms with Crippen molar-refractivity contribution in [1.29, 1.82) is 0 Å². The van der Waals surface area contributed by atoms with Gasteiger partial charge in [0.1, 0.15) is 0 Å². The van der Waals surface area contributed by atoms with E-state index in [2.05, 4.69) is 41.2 Å². The molecule has 0 aromatic heterocycles. The maximum atomic E-state index is 4.25. The van der Waals surface area contributed by atoms with Gasteiger partial charge in [-0.25, -0.2) is 0 Å². The van der Waals surface area contributed by atoms with Crippen LogP contribution >= 0.6 is 0 Å². The van der Waals surface area contributed by atoms with Gasteiger partial charge in [-0.15, -0.1) is 0 Å². The van der Waals surface area contributed by atoms with E-state index in [-0.39, 0.29) is 0 Å². The van der Waals surface area contributed by atoms with Gasteiger partial charge in [0.2, 0.25) is 0 Å². The van der Waals surface area contributed by atoms with Gasteiger partial charge in [0.15, 0.2) is 0 Å². The van der Waals surface area contributed by atoms with Crippen molar-refractivity contribution in [3.63, 3.8) is 0 Å². The van der Waals surface area contributed by atoms with Gasteiger partial charge in [-0.1, -0.05) is 59.6 Å². The fourth-order valence-electron chi connectivity index (χ4n) is 2.02. The first-order valence-corrected chi connectivity index (χ1v) is 6.20. The molecule has 0 rings (SSSR count). The Morgan fingerprint density at radius 2 is 1.71 bits per heavy atom. The van der Waals surface area contributed by atoms with Crippen molar-refractivity contribution in [2.75, 3.05) is 0 Å². The van der Waals surface area contributed by atoms with Crippen LogP contribution in [0.5, 0.6) is 0 Å². The Bertz CT molecular complexity index is 155. The van der Waals surface area contributed by atoms with Crippen LogP contribution in [0.1, 0.15) is 60.3 Å². The lowest BCUT2D eigenvalue weighted by molar-refractivity contribution is 0.338. The maximum absolute atomic E-state index is 4.25. The molecule has 0 heterocycles. The van der Waals surface area contributed by atoms with Gasteiger partial charge in [-0.05, 0) is 30.6 Å². The van der Waals surface area contributed by atoms with E-state index in [4.69, 9.17) is 0 Å². The van der Waals surface area contributed by atoms with E-state index >= 15 is 0 Å². The third kappa shape index (κ3) is 4.83. The zero-order valence-corrected chi connectivity index (χ0v) is 10.8. The zero-order valence-electron chi connectivity index (χ0n) is 10.8. The predicted octanol–water partition coefficient (Wildman–Crippen LogP) is 5.05. The molecule has 0 saturated carbocycles. The van der Waals surface area contributed by atoms with Crippen LogP contribution in [-0.4, -0.2) is 0 Å². The summed E-state index contributed by atoms with van der Waals surface area (Å²) in [6, 6.07) is 0. The van der Waals surface area contributed by atoms with Crippen molar-refractivity contribution in [1.82, 2.24) is 0 Å². The van der Waals surface area contributed by atoms with Gasteiger partial charge < -0.3 is 0 Å². The van der Waals surface area contributed by atoms with Crippen LogP contribution in [0.4, 0.5) is 0 Å². The lowest BCUT2D eigenvalue weighted by Gasteiger charge is -2.26. The number of hydrogen-bond donors (Lipinski definition) is 0. The van der Waals surface area contributed by atoms with E-state index in [0.717, 1.165) is 17.8 Å². The largest absolute Gasteiger partial charge is 0.0996 e. The molecule has 0 spiro atoms. The van der Waals surface area contributed by atoms with E-state index in [1.54, 1.807) is 0 Å². The smallest absolute Gasteiger partial charge is 0.0180 e. The van der Waals surface area contributed by atoms with Crippen LogP contribution in [0.2, 0.25) is 0 Å². The molecule has 0 N–H and O–H groups in total. The minimum atomic E-state index is 0.741. The van der Waals surface area contributed by atoms with E-state index in [0.29, 0.717) is 0 Å². The second kappa shape index (κ2) is 7.09. The summed E-state index contributed by atoms with van der Waals surface area (Å²) >= 11 is 0. The third-order valence-corrected chi connectivity index (χ3v) is 3.25. The zero-order chi connectivity index (χ0) is 11.1. The summed E-state index contributed by atoms with van der Waals surface area (Å²) in [6.07, 6.45) is 5.07. The molecule has 84 valence electrons. The SMILES string of the molecule is C=C(CCC)C(CC(C)CC)C(C)C. The topological polar surface area (TPSA) is 0 Å². The van der Waals surface area contributed by atoms with Gasteiger partial charge in [0, 0.05) is 0 Å². The minimum absolute atomic E-state index is 0.741. The highest BCUT2D eigenvalue weighted by Crippen LogP contribution is 2.30. The molecule has 0 nitrogen and oxygen atoms in total. The highest BCUT2D eigenvalue weighted by molar-refractivity contribution is 5.01. The van der Waals surface area contributed by atoms with Crippen LogP contribution in [0, 0.1) is 17.8 Å². The van der Waals surface area contributed by atoms with Crippen LogP contribution in [0.15, 0.2) is 12.2 Å². The van der Waals surface area contributed by atoms with Gasteiger partial charge in [-0.3, -0.25) is 0 Å². The second-order valence-electron chi connectivity index (χ2n) is 5.01. The summed E-state index contributed by atoms with van der Waals surface area (Å²) < 4.78 is 0. The highest BCUT2D eigenvalue weighted by Gasteiger charge is 2.18. The highest BCUT2D eigenvalue weighted by atomic mass is 14.2. The molecule has 2 atom stereocenters. The molecule has 0 aliphatic carbocycles. The van der Waals surface area contributed by atoms with Crippen molar-refractivity contribution in [2.45, 2.75) is 60.3 Å². The normalized spacial score (nSPS) is 15.6. The van der Waals surface area contributed by atoms with Crippen LogP contribution in [-0.2, 0) is 0 Å². The summed E-state index contributed by atoms with van der Waals surface area (Å²) in [4.78, 5) is 0. The molecule has 0 saturated heterocycles. The fourth-order valence-corrected chi connectivity index (χ4v) is 2.02. The number of hydrogen-bond acceptors (Lipinski definition) is 0. The Hall–Kier alpha value is -0.260. The van der Waals surface area contributed by atoms with Crippen molar-refractivity contribution < 1.29 is 0 Å². The monoisotopic (exact) mass is 196 g/mol. The fraction of sp³-hybridized carbons (Fsp3) is 0.857. The van der Waals surface area contributed by atoms with E-state index < -0.39 is 0 Å². The first-order valence-electron chi connectivity index (χ1n) is 6.20. The molecular formula is C14H28. The van der Waals surface area contributed by atoms with Crippen molar-refractivity contribution in [2.24, 2.45) is 17.8 Å². The van der Waals surface area contributed by atoms with Gasteiger partial charge in [-0.2, -0.15) is 0 Å². The average Bonchev–Trinajstić information content (AvgIpc) is 2.13. The molecule has 0 aromatic carbocycles. The lowest BCUT2D eigenvalue weighted by atomic mass is 9.80. The maximum Gasteiger partial charge on any atom is -0.0180 e. The molecule has 0 aliphatic rings. The lowest BCUT2D eigenvalue weighted by Crippen LogP contribution is -2.14. The standard InChI is InChI=1S/C14H28/c1-7-9-13(6)14(11(3)4)10-12(5)8-2/h11-12,14H,6-10H2,1-5H3. The Kier molecular flexibility index (Phi) is 6.96. The molecule has 0 radical (unpaired) electrons. The molecule has 0 bridgehead atoms. The molecular weight excluding hydrogens is 168 g/mol. The summed E-state index contributed by atoms with van der Waals surface area (Å²) in [5.74, 6) is 2.34. The quantitative estimate of drug-likeness (QED) is 0.500. The molecule has 14 heavy (non-hydrogen) atoms. The second-order valence-corrected chi connectivity index (χ2v) is 5.01. The molecule has 0 heteroatoms. The average molecular weight is 196 g/mol. The van der Waals surface area contributed by atoms with Crippen LogP contribution in [0.3, 0.4) is 0 Å². The Balaban J connectivity index is 4.21.